The van der Waals surface area contributed by atoms with Crippen LogP contribution in [0.3, 0.4) is 0 Å². The SMILES string of the molecule is [Cl][Al]([Cl])[Cl].[Cl][Sn]([Cl])([Cl])[Cl]. The Morgan fingerprint density at radius 1 is 0.778 bits per heavy atom. The van der Waals surface area contributed by atoms with Crippen LogP contribution in [0.15, 0.2) is 0 Å². The first-order valence-corrected chi connectivity index (χ1v) is 21.1. The number of rotatable bonds is 0. The van der Waals surface area contributed by atoms with Crippen LogP contribution in [0.5, 0.6) is 0 Å². The van der Waals surface area contributed by atoms with E-state index in [0.29, 0.717) is 0 Å². The summed E-state index contributed by atoms with van der Waals surface area (Å²) < 4.78 is 0. The van der Waals surface area contributed by atoms with Crippen molar-refractivity contribution >= 4 is 91.1 Å². The normalized spacial score (nSPS) is 9.67. The van der Waals surface area contributed by atoms with Crippen LogP contribution in [0, 0.1) is 0 Å². The van der Waals surface area contributed by atoms with Gasteiger partial charge in [-0.2, -0.15) is 0 Å². The van der Waals surface area contributed by atoms with Gasteiger partial charge >= 0.3 is 60.9 Å². The summed E-state index contributed by atoms with van der Waals surface area (Å²) in [5.41, 5.74) is 0. The summed E-state index contributed by atoms with van der Waals surface area (Å²) in [5, 5.41) is 0. The summed E-state index contributed by atoms with van der Waals surface area (Å²) >= 11 is -5.01. The topological polar surface area (TPSA) is 0 Å². The molecule has 0 aromatic heterocycles. The molecule has 0 radical (unpaired) electrons. The second-order valence-electron chi connectivity index (χ2n) is 0.676. The standard InChI is InChI=1S/Al.7ClH.Sn/h;7*1H;/q+3;;;;;;;;+4/p-7. The van der Waals surface area contributed by atoms with Gasteiger partial charge in [-0.25, -0.2) is 30.1 Å². The fourth-order valence-corrected chi connectivity index (χ4v) is 0. The van der Waals surface area contributed by atoms with Crippen molar-refractivity contribution in [2.75, 3.05) is 0 Å². The van der Waals surface area contributed by atoms with Gasteiger partial charge in [-0.15, -0.1) is 0 Å². The molecule has 0 atom stereocenters. The molecule has 0 N–H and O–H groups in total. The molecule has 0 aromatic rings. The van der Waals surface area contributed by atoms with E-state index in [-0.39, 0.29) is 0 Å². The van der Waals surface area contributed by atoms with Gasteiger partial charge in [0.1, 0.15) is 0 Å². The monoisotopic (exact) mass is 392 g/mol. The van der Waals surface area contributed by atoms with Crippen LogP contribution in [0.4, 0.5) is 0 Å². The van der Waals surface area contributed by atoms with Gasteiger partial charge in [-0.1, -0.05) is 0 Å². The van der Waals surface area contributed by atoms with Gasteiger partial charge in [-0.05, 0) is 0 Å². The van der Waals surface area contributed by atoms with E-state index < -0.39 is 25.3 Å². The van der Waals surface area contributed by atoms with Gasteiger partial charge in [0.05, 0.1) is 0 Å². The predicted octanol–water partition coefficient (Wildman–Crippen LogP) is 4.06. The molecule has 0 spiro atoms. The zero-order valence-corrected chi connectivity index (χ0v) is 13.0. The molecule has 0 aromatic carbocycles. The summed E-state index contributed by atoms with van der Waals surface area (Å²) in [5.74, 6) is 0. The van der Waals surface area contributed by atoms with E-state index in [1.165, 1.54) is 0 Å². The third-order valence-electron chi connectivity index (χ3n) is 0. The minimum absolute atomic E-state index is 1.72. The summed E-state index contributed by atoms with van der Waals surface area (Å²) in [6.45, 7) is 0. The fraction of sp³-hybridized carbons (Fsp3) is 0. The quantitative estimate of drug-likeness (QED) is 0.544. The molecule has 0 aliphatic rings. The Morgan fingerprint density at radius 2 is 0.778 bits per heavy atom. The molecule has 0 fully saturated rings. The van der Waals surface area contributed by atoms with Crippen molar-refractivity contribution < 1.29 is 0 Å². The van der Waals surface area contributed by atoms with Crippen LogP contribution in [0.25, 0.3) is 0 Å². The summed E-state index contributed by atoms with van der Waals surface area (Å²) in [6.07, 6.45) is 0. The summed E-state index contributed by atoms with van der Waals surface area (Å²) in [4.78, 5) is 0. The maximum atomic E-state index is 5.04. The Hall–Kier alpha value is 3.36. The molecule has 0 aliphatic carbocycles. The van der Waals surface area contributed by atoms with Crippen LogP contribution in [0.1, 0.15) is 0 Å². The van der Waals surface area contributed by atoms with E-state index in [9.17, 15) is 0 Å². The Morgan fingerprint density at radius 3 is 0.778 bits per heavy atom. The molecule has 0 rings (SSSR count). The zero-order valence-electron chi connectivity index (χ0n) is 3.72. The van der Waals surface area contributed by atoms with E-state index in [4.69, 9.17) is 65.8 Å². The average Bonchev–Trinajstić information content (AvgIpc) is 1.19. The van der Waals surface area contributed by atoms with Gasteiger partial charge in [0.25, 0.3) is 0 Å². The molecule has 0 saturated heterocycles. The number of hydrogen-bond acceptors (Lipinski definition) is 0. The van der Waals surface area contributed by atoms with Crippen molar-refractivity contribution in [2.24, 2.45) is 0 Å². The van der Waals surface area contributed by atoms with Crippen LogP contribution < -0.4 is 0 Å². The third-order valence-corrected chi connectivity index (χ3v) is 0. The fourth-order valence-electron chi connectivity index (χ4n) is 0. The molecule has 0 bridgehead atoms. The molecule has 0 amide bonds. The van der Waals surface area contributed by atoms with Crippen LogP contribution in [-0.4, -0.2) is 25.3 Å². The number of halogens is 7. The molecule has 9 heavy (non-hydrogen) atoms. The van der Waals surface area contributed by atoms with Crippen molar-refractivity contribution in [3.8, 4) is 0 Å². The van der Waals surface area contributed by atoms with Crippen LogP contribution in [-0.2, 0) is 0 Å². The van der Waals surface area contributed by atoms with Crippen LogP contribution in [0.2, 0.25) is 0 Å². The van der Waals surface area contributed by atoms with Gasteiger partial charge in [0, 0.05) is 0 Å². The molecular weight excluding hydrogens is 394 g/mol. The third kappa shape index (κ3) is 88.1. The van der Waals surface area contributed by atoms with Crippen LogP contribution >= 0.6 is 65.8 Å². The van der Waals surface area contributed by atoms with E-state index >= 15 is 0 Å². The number of hydrogen-bond donors (Lipinski definition) is 0. The van der Waals surface area contributed by atoms with E-state index in [1.54, 1.807) is 0 Å². The second kappa shape index (κ2) is 7.98. The predicted molar refractivity (Wildman–Crippen MR) is 52.5 cm³/mol. The molecule has 9 heteroatoms. The van der Waals surface area contributed by atoms with Crippen molar-refractivity contribution in [3.05, 3.63) is 0 Å². The molecular formula is AlCl7Sn. The molecule has 0 heterocycles. The van der Waals surface area contributed by atoms with Crippen molar-refractivity contribution in [1.29, 1.82) is 0 Å². The van der Waals surface area contributed by atoms with Gasteiger partial charge in [0.15, 0.2) is 0 Å². The Kier molecular flexibility index (Phi) is 13.2. The summed E-state index contributed by atoms with van der Waals surface area (Å²) in [7, 11) is 35.0. The van der Waals surface area contributed by atoms with Crippen molar-refractivity contribution in [2.45, 2.75) is 0 Å². The van der Waals surface area contributed by atoms with E-state index in [1.807, 2.05) is 0 Å². The average molecular weight is 394 g/mol. The van der Waals surface area contributed by atoms with E-state index in [0.717, 1.165) is 0 Å². The molecule has 0 unspecified atom stereocenters. The molecule has 56 valence electrons. The van der Waals surface area contributed by atoms with Gasteiger partial charge in [0.2, 0.25) is 0 Å². The first-order valence-electron chi connectivity index (χ1n) is 1.41. The first-order chi connectivity index (χ1) is 3.73. The van der Waals surface area contributed by atoms with Gasteiger partial charge in [-0.3, -0.25) is 0 Å². The van der Waals surface area contributed by atoms with Gasteiger partial charge < -0.3 is 0 Å². The molecule has 0 saturated carbocycles. The minimum atomic E-state index is -3.29. The Labute approximate surface area is 89.4 Å². The van der Waals surface area contributed by atoms with E-state index in [2.05, 4.69) is 0 Å². The Bertz CT molecular complexity index is 45.7. The zero-order chi connectivity index (χ0) is 8.08. The first kappa shape index (κ1) is 14.9. The second-order valence-corrected chi connectivity index (χ2v) is 32.6. The summed E-state index contributed by atoms with van der Waals surface area (Å²) in [6, 6.07) is 0. The van der Waals surface area contributed by atoms with Crippen molar-refractivity contribution in [3.63, 3.8) is 0 Å². The molecule has 0 nitrogen and oxygen atoms in total. The maximum absolute atomic E-state index is 5.04. The van der Waals surface area contributed by atoms with Crippen molar-refractivity contribution in [1.82, 2.24) is 0 Å². The molecule has 0 aliphatic heterocycles. The Balaban J connectivity index is 0.